The van der Waals surface area contributed by atoms with Gasteiger partial charge < -0.3 is 19.5 Å². The predicted octanol–water partition coefficient (Wildman–Crippen LogP) is 2.47. The van der Waals surface area contributed by atoms with E-state index < -0.39 is 0 Å². The lowest BCUT2D eigenvalue weighted by molar-refractivity contribution is 0.0342. The topological polar surface area (TPSA) is 60.0 Å². The van der Waals surface area contributed by atoms with Gasteiger partial charge in [-0.15, -0.1) is 0 Å². The van der Waals surface area contributed by atoms with Crippen LogP contribution >= 0.6 is 0 Å². The van der Waals surface area contributed by atoms with Crippen molar-refractivity contribution >= 4 is 5.91 Å². The molecule has 0 spiro atoms. The summed E-state index contributed by atoms with van der Waals surface area (Å²) in [7, 11) is 3.13. The number of hydrogen-bond acceptors (Lipinski definition) is 5. The fourth-order valence-electron chi connectivity index (χ4n) is 3.12. The number of amides is 1. The maximum Gasteiger partial charge on any atom is 0.251 e. The van der Waals surface area contributed by atoms with Crippen molar-refractivity contribution < 1.29 is 19.0 Å². The first kappa shape index (κ1) is 19.2. The Labute approximate surface area is 160 Å². The fourth-order valence-corrected chi connectivity index (χ4v) is 3.12. The Balaban J connectivity index is 1.59. The second-order valence-corrected chi connectivity index (χ2v) is 6.46. The molecule has 0 unspecified atom stereocenters. The molecule has 6 nitrogen and oxygen atoms in total. The molecule has 6 heteroatoms. The standard InChI is InChI=1S/C21H26N2O4/c1-25-19-7-6-18(13-20(19)26-2)21(24)22-14-16-4-3-5-17(12-16)15-23-8-10-27-11-9-23/h3-7,12-13H,8-11,14-15H2,1-2H3,(H,22,24). The van der Waals surface area contributed by atoms with E-state index in [-0.39, 0.29) is 5.91 Å². The number of methoxy groups -OCH3 is 2. The van der Waals surface area contributed by atoms with Gasteiger partial charge in [-0.05, 0) is 29.3 Å². The monoisotopic (exact) mass is 370 g/mol. The molecule has 3 rings (SSSR count). The van der Waals surface area contributed by atoms with Crippen LogP contribution in [0.2, 0.25) is 0 Å². The Morgan fingerprint density at radius 3 is 2.52 bits per heavy atom. The van der Waals surface area contributed by atoms with Crippen LogP contribution in [0.4, 0.5) is 0 Å². The normalized spacial score (nSPS) is 14.6. The van der Waals surface area contributed by atoms with Crippen molar-refractivity contribution in [2.24, 2.45) is 0 Å². The Bertz CT molecular complexity index is 773. The summed E-state index contributed by atoms with van der Waals surface area (Å²) in [5.41, 5.74) is 2.86. The Kier molecular flexibility index (Phi) is 6.68. The average molecular weight is 370 g/mol. The van der Waals surface area contributed by atoms with Gasteiger partial charge in [-0.3, -0.25) is 9.69 Å². The number of morpholine rings is 1. The number of hydrogen-bond donors (Lipinski definition) is 1. The third kappa shape index (κ3) is 5.21. The fraction of sp³-hybridized carbons (Fsp3) is 0.381. The Morgan fingerprint density at radius 1 is 1.04 bits per heavy atom. The van der Waals surface area contributed by atoms with E-state index in [0.29, 0.717) is 23.6 Å². The van der Waals surface area contributed by atoms with Gasteiger partial charge >= 0.3 is 0 Å². The summed E-state index contributed by atoms with van der Waals surface area (Å²) in [5.74, 6) is 0.997. The molecule has 0 saturated carbocycles. The van der Waals surface area contributed by atoms with Crippen LogP contribution < -0.4 is 14.8 Å². The summed E-state index contributed by atoms with van der Waals surface area (Å²) in [6, 6.07) is 13.5. The minimum Gasteiger partial charge on any atom is -0.493 e. The van der Waals surface area contributed by atoms with Gasteiger partial charge in [0.15, 0.2) is 11.5 Å². The lowest BCUT2D eigenvalue weighted by Crippen LogP contribution is -2.35. The SMILES string of the molecule is COc1ccc(C(=O)NCc2cccc(CN3CCOCC3)c2)cc1OC. The van der Waals surface area contributed by atoms with Crippen LogP contribution in [0.25, 0.3) is 0 Å². The van der Waals surface area contributed by atoms with E-state index in [0.717, 1.165) is 38.4 Å². The second kappa shape index (κ2) is 9.39. The summed E-state index contributed by atoms with van der Waals surface area (Å²) >= 11 is 0. The lowest BCUT2D eigenvalue weighted by atomic mass is 10.1. The van der Waals surface area contributed by atoms with Crippen LogP contribution in [0, 0.1) is 0 Å². The highest BCUT2D eigenvalue weighted by Crippen LogP contribution is 2.27. The van der Waals surface area contributed by atoms with Crippen LogP contribution in [0.1, 0.15) is 21.5 Å². The second-order valence-electron chi connectivity index (χ2n) is 6.46. The molecule has 2 aromatic rings. The maximum absolute atomic E-state index is 12.5. The molecule has 1 saturated heterocycles. The number of nitrogens with one attached hydrogen (secondary N) is 1. The molecule has 1 aliphatic heterocycles. The smallest absolute Gasteiger partial charge is 0.251 e. The van der Waals surface area contributed by atoms with Crippen molar-refractivity contribution in [1.29, 1.82) is 0 Å². The van der Waals surface area contributed by atoms with E-state index in [4.69, 9.17) is 14.2 Å². The van der Waals surface area contributed by atoms with Crippen LogP contribution in [0.5, 0.6) is 11.5 Å². The molecule has 0 radical (unpaired) electrons. The third-order valence-electron chi connectivity index (χ3n) is 4.60. The van der Waals surface area contributed by atoms with Gasteiger partial charge in [-0.25, -0.2) is 0 Å². The number of benzene rings is 2. The Morgan fingerprint density at radius 2 is 1.78 bits per heavy atom. The molecule has 0 bridgehead atoms. The summed E-state index contributed by atoms with van der Waals surface area (Å²) in [6.07, 6.45) is 0. The van der Waals surface area contributed by atoms with E-state index >= 15 is 0 Å². The van der Waals surface area contributed by atoms with E-state index in [1.54, 1.807) is 32.4 Å². The van der Waals surface area contributed by atoms with E-state index in [1.807, 2.05) is 12.1 Å². The molecule has 2 aromatic carbocycles. The highest BCUT2D eigenvalue weighted by molar-refractivity contribution is 5.94. The van der Waals surface area contributed by atoms with E-state index in [9.17, 15) is 4.79 Å². The Hall–Kier alpha value is -2.57. The molecule has 1 fully saturated rings. The zero-order valence-corrected chi connectivity index (χ0v) is 15.9. The summed E-state index contributed by atoms with van der Waals surface area (Å²) < 4.78 is 15.9. The largest absolute Gasteiger partial charge is 0.493 e. The van der Waals surface area contributed by atoms with Gasteiger partial charge in [-0.1, -0.05) is 24.3 Å². The molecular formula is C21H26N2O4. The van der Waals surface area contributed by atoms with Crippen molar-refractivity contribution in [3.8, 4) is 11.5 Å². The number of ether oxygens (including phenoxy) is 3. The number of carbonyl (C=O) groups excluding carboxylic acids is 1. The van der Waals surface area contributed by atoms with E-state index in [2.05, 4.69) is 22.3 Å². The first-order chi connectivity index (χ1) is 13.2. The zero-order valence-electron chi connectivity index (χ0n) is 15.9. The molecule has 0 aliphatic carbocycles. The molecule has 0 atom stereocenters. The zero-order chi connectivity index (χ0) is 19.1. The molecule has 0 aromatic heterocycles. The van der Waals surface area contributed by atoms with Crippen molar-refractivity contribution in [2.45, 2.75) is 13.1 Å². The van der Waals surface area contributed by atoms with Gasteiger partial charge in [0.1, 0.15) is 0 Å². The molecule has 27 heavy (non-hydrogen) atoms. The summed E-state index contributed by atoms with van der Waals surface area (Å²) in [4.78, 5) is 14.8. The molecular weight excluding hydrogens is 344 g/mol. The molecule has 1 heterocycles. The van der Waals surface area contributed by atoms with Gasteiger partial charge in [0.05, 0.1) is 27.4 Å². The minimum atomic E-state index is -0.144. The lowest BCUT2D eigenvalue weighted by Gasteiger charge is -2.26. The van der Waals surface area contributed by atoms with Crippen LogP contribution in [0.3, 0.4) is 0 Å². The van der Waals surface area contributed by atoms with Gasteiger partial charge in [0.2, 0.25) is 0 Å². The van der Waals surface area contributed by atoms with Crippen molar-refractivity contribution in [1.82, 2.24) is 10.2 Å². The predicted molar refractivity (Wildman–Crippen MR) is 103 cm³/mol. The highest BCUT2D eigenvalue weighted by atomic mass is 16.5. The van der Waals surface area contributed by atoms with Crippen LogP contribution in [-0.2, 0) is 17.8 Å². The number of rotatable bonds is 7. The highest BCUT2D eigenvalue weighted by Gasteiger charge is 2.12. The van der Waals surface area contributed by atoms with Crippen molar-refractivity contribution in [2.75, 3.05) is 40.5 Å². The first-order valence-corrected chi connectivity index (χ1v) is 9.07. The molecule has 1 N–H and O–H groups in total. The summed E-state index contributed by atoms with van der Waals surface area (Å²) in [6.45, 7) is 4.88. The maximum atomic E-state index is 12.5. The summed E-state index contributed by atoms with van der Waals surface area (Å²) in [5, 5.41) is 2.97. The van der Waals surface area contributed by atoms with Crippen molar-refractivity contribution in [3.63, 3.8) is 0 Å². The van der Waals surface area contributed by atoms with Gasteiger partial charge in [-0.2, -0.15) is 0 Å². The third-order valence-corrected chi connectivity index (χ3v) is 4.60. The van der Waals surface area contributed by atoms with Gasteiger partial charge in [0, 0.05) is 31.7 Å². The van der Waals surface area contributed by atoms with Gasteiger partial charge in [0.25, 0.3) is 5.91 Å². The van der Waals surface area contributed by atoms with Crippen LogP contribution in [-0.4, -0.2) is 51.3 Å². The average Bonchev–Trinajstić information content (AvgIpc) is 2.72. The molecule has 1 aliphatic rings. The van der Waals surface area contributed by atoms with Crippen LogP contribution in [0.15, 0.2) is 42.5 Å². The van der Waals surface area contributed by atoms with Crippen molar-refractivity contribution in [3.05, 3.63) is 59.2 Å². The number of carbonyl (C=O) groups is 1. The van der Waals surface area contributed by atoms with E-state index in [1.165, 1.54) is 5.56 Å². The minimum absolute atomic E-state index is 0.144. The molecule has 1 amide bonds. The molecule has 144 valence electrons. The first-order valence-electron chi connectivity index (χ1n) is 9.07. The number of nitrogens with zero attached hydrogens (tertiary/aromatic N) is 1. The quantitative estimate of drug-likeness (QED) is 0.811.